The molecule has 0 amide bonds. The van der Waals surface area contributed by atoms with Crippen LogP contribution in [0.1, 0.15) is 54.2 Å². The number of piperidine rings is 1. The van der Waals surface area contributed by atoms with E-state index in [1.165, 1.54) is 42.6 Å². The average Bonchev–Trinajstić information content (AvgIpc) is 2.77. The minimum atomic E-state index is -4.80. The lowest BCUT2D eigenvalue weighted by Crippen LogP contribution is -2.38. The van der Waals surface area contributed by atoms with Crippen LogP contribution in [-0.2, 0) is 0 Å². The molecule has 2 N–H and O–H groups in total. The second-order valence-electron chi connectivity index (χ2n) is 9.74. The quantitative estimate of drug-likeness (QED) is 0.523. The van der Waals surface area contributed by atoms with Gasteiger partial charge >= 0.3 is 12.1 Å². The van der Waals surface area contributed by atoms with Gasteiger partial charge in [-0.2, -0.15) is 13.2 Å². The van der Waals surface area contributed by atoms with E-state index in [1.807, 2.05) is 4.90 Å². The monoisotopic (exact) mass is 488 g/mol. The van der Waals surface area contributed by atoms with Crippen molar-refractivity contribution in [3.63, 3.8) is 0 Å². The van der Waals surface area contributed by atoms with Crippen LogP contribution in [0.3, 0.4) is 0 Å². The molecule has 1 aliphatic rings. The van der Waals surface area contributed by atoms with Crippen molar-refractivity contribution in [3.05, 3.63) is 69.6 Å². The number of carboxylic acid groups (broad SMARTS) is 1. The van der Waals surface area contributed by atoms with E-state index in [-0.39, 0.29) is 27.9 Å². The molecule has 0 radical (unpaired) electrons. The molecule has 3 heterocycles. The van der Waals surface area contributed by atoms with Crippen LogP contribution in [0.25, 0.3) is 5.65 Å². The SMILES string of the molecule is Cc1cc([C@H](Nc2ccccc2C(=O)O)C(F)(F)F)c2nc(N3CCC(C)(C)CC3)cc(=O)n2c1. The Morgan fingerprint density at radius 2 is 1.83 bits per heavy atom. The lowest BCUT2D eigenvalue weighted by atomic mass is 9.83. The summed E-state index contributed by atoms with van der Waals surface area (Å²) in [4.78, 5) is 31.0. The number of nitrogens with zero attached hydrogens (tertiary/aromatic N) is 3. The number of pyridine rings is 1. The molecule has 0 spiro atoms. The number of hydrogen-bond donors (Lipinski definition) is 2. The van der Waals surface area contributed by atoms with Gasteiger partial charge in [-0.1, -0.05) is 26.0 Å². The van der Waals surface area contributed by atoms with Crippen LogP contribution in [0.15, 0.2) is 47.4 Å². The fourth-order valence-corrected chi connectivity index (χ4v) is 4.36. The standard InChI is InChI=1S/C25H27F3N4O3/c1-15-12-17(21(25(26,27)28)29-18-7-5-4-6-16(18)23(34)35)22-30-19(13-20(33)32(22)14-15)31-10-8-24(2,3)9-11-31/h4-7,12-14,21,29H,8-11H2,1-3H3,(H,34,35)/t21-/m0/s1. The molecular weight excluding hydrogens is 461 g/mol. The van der Waals surface area contributed by atoms with Gasteiger partial charge < -0.3 is 15.3 Å². The van der Waals surface area contributed by atoms with Crippen molar-refractivity contribution in [2.75, 3.05) is 23.3 Å². The van der Waals surface area contributed by atoms with Crippen molar-refractivity contribution in [1.82, 2.24) is 9.38 Å². The molecule has 186 valence electrons. The normalized spacial score (nSPS) is 16.8. The minimum Gasteiger partial charge on any atom is -0.478 e. The van der Waals surface area contributed by atoms with E-state index in [2.05, 4.69) is 24.1 Å². The Bertz CT molecular complexity index is 1320. The zero-order valence-corrected chi connectivity index (χ0v) is 19.7. The summed E-state index contributed by atoms with van der Waals surface area (Å²) in [6, 6.07) is 5.79. The van der Waals surface area contributed by atoms with Crippen molar-refractivity contribution < 1.29 is 23.1 Å². The van der Waals surface area contributed by atoms with Crippen LogP contribution in [-0.4, -0.2) is 39.7 Å². The number of rotatable bonds is 5. The first-order chi connectivity index (χ1) is 16.4. The van der Waals surface area contributed by atoms with Crippen molar-refractivity contribution in [1.29, 1.82) is 0 Å². The van der Waals surface area contributed by atoms with Gasteiger partial charge in [0, 0.05) is 36.6 Å². The second-order valence-corrected chi connectivity index (χ2v) is 9.74. The summed E-state index contributed by atoms with van der Waals surface area (Å²) in [6.45, 7) is 7.19. The number of para-hydroxylation sites is 1. The molecule has 0 aliphatic carbocycles. The van der Waals surface area contributed by atoms with E-state index in [9.17, 15) is 27.9 Å². The zero-order chi connectivity index (χ0) is 25.5. The molecule has 2 aromatic heterocycles. The zero-order valence-electron chi connectivity index (χ0n) is 19.7. The first-order valence-electron chi connectivity index (χ1n) is 11.3. The third kappa shape index (κ3) is 5.11. The van der Waals surface area contributed by atoms with E-state index in [4.69, 9.17) is 0 Å². The Hall–Kier alpha value is -3.56. The summed E-state index contributed by atoms with van der Waals surface area (Å²) in [5.41, 5.74) is -0.745. The lowest BCUT2D eigenvalue weighted by Gasteiger charge is -2.37. The van der Waals surface area contributed by atoms with E-state index in [1.54, 1.807) is 6.92 Å². The summed E-state index contributed by atoms with van der Waals surface area (Å²) in [5, 5.41) is 11.8. The predicted octanol–water partition coefficient (Wildman–Crippen LogP) is 5.04. The van der Waals surface area contributed by atoms with Gasteiger partial charge in [-0.3, -0.25) is 9.20 Å². The van der Waals surface area contributed by atoms with Crippen LogP contribution in [0, 0.1) is 12.3 Å². The molecule has 0 saturated carbocycles. The molecule has 7 nitrogen and oxygen atoms in total. The van der Waals surface area contributed by atoms with Gasteiger partial charge in [0.2, 0.25) is 0 Å². The van der Waals surface area contributed by atoms with Crippen LogP contribution in [0.5, 0.6) is 0 Å². The number of alkyl halides is 3. The maximum absolute atomic E-state index is 14.4. The number of aryl methyl sites for hydroxylation is 1. The van der Waals surface area contributed by atoms with Gasteiger partial charge in [-0.15, -0.1) is 0 Å². The highest BCUT2D eigenvalue weighted by molar-refractivity contribution is 5.94. The highest BCUT2D eigenvalue weighted by atomic mass is 19.4. The summed E-state index contributed by atoms with van der Waals surface area (Å²) in [6.07, 6.45) is -1.61. The number of nitrogens with one attached hydrogen (secondary N) is 1. The van der Waals surface area contributed by atoms with Crippen molar-refractivity contribution in [2.45, 2.75) is 45.8 Å². The molecule has 4 rings (SSSR count). The fourth-order valence-electron chi connectivity index (χ4n) is 4.36. The number of benzene rings is 1. The molecule has 10 heteroatoms. The van der Waals surface area contributed by atoms with E-state index in [0.29, 0.717) is 24.5 Å². The fraction of sp³-hybridized carbons (Fsp3) is 0.400. The molecule has 1 aliphatic heterocycles. The molecule has 1 aromatic carbocycles. The molecule has 1 saturated heterocycles. The molecule has 1 fully saturated rings. The average molecular weight is 489 g/mol. The van der Waals surface area contributed by atoms with Gasteiger partial charge in [0.1, 0.15) is 11.5 Å². The Balaban J connectivity index is 1.86. The Kier molecular flexibility index (Phi) is 6.25. The Labute approximate surface area is 200 Å². The lowest BCUT2D eigenvalue weighted by molar-refractivity contribution is -0.143. The number of anilines is 2. The maximum atomic E-state index is 14.4. The molecule has 3 aromatic rings. The van der Waals surface area contributed by atoms with Crippen molar-refractivity contribution in [2.24, 2.45) is 5.41 Å². The molecule has 0 bridgehead atoms. The van der Waals surface area contributed by atoms with E-state index < -0.39 is 23.7 Å². The Morgan fingerprint density at radius 3 is 2.46 bits per heavy atom. The molecule has 1 atom stereocenters. The van der Waals surface area contributed by atoms with Crippen LogP contribution >= 0.6 is 0 Å². The predicted molar refractivity (Wildman–Crippen MR) is 127 cm³/mol. The van der Waals surface area contributed by atoms with Gasteiger partial charge in [0.15, 0.2) is 6.04 Å². The summed E-state index contributed by atoms with van der Waals surface area (Å²) in [7, 11) is 0. The third-order valence-electron chi connectivity index (χ3n) is 6.45. The number of hydrogen-bond acceptors (Lipinski definition) is 5. The number of carbonyl (C=O) groups is 1. The van der Waals surface area contributed by atoms with E-state index in [0.717, 1.165) is 17.2 Å². The highest BCUT2D eigenvalue weighted by Crippen LogP contribution is 2.38. The van der Waals surface area contributed by atoms with Crippen molar-refractivity contribution in [3.8, 4) is 0 Å². The molecule has 0 unspecified atom stereocenters. The number of halogens is 3. The number of carboxylic acids is 1. The largest absolute Gasteiger partial charge is 0.478 e. The highest BCUT2D eigenvalue weighted by Gasteiger charge is 2.43. The van der Waals surface area contributed by atoms with Gasteiger partial charge in [0.25, 0.3) is 5.56 Å². The van der Waals surface area contributed by atoms with Crippen LogP contribution < -0.4 is 15.8 Å². The summed E-state index contributed by atoms with van der Waals surface area (Å²) in [5.74, 6) is -1.02. The summed E-state index contributed by atoms with van der Waals surface area (Å²) < 4.78 is 44.3. The van der Waals surface area contributed by atoms with Crippen LogP contribution in [0.2, 0.25) is 0 Å². The number of fused-ring (bicyclic) bond motifs is 1. The van der Waals surface area contributed by atoms with E-state index >= 15 is 0 Å². The first kappa shape index (κ1) is 24.6. The second kappa shape index (κ2) is 8.90. The topological polar surface area (TPSA) is 86.9 Å². The van der Waals surface area contributed by atoms with Gasteiger partial charge in [-0.25, -0.2) is 9.78 Å². The number of aromatic nitrogens is 2. The molecule has 35 heavy (non-hydrogen) atoms. The first-order valence-corrected chi connectivity index (χ1v) is 11.3. The van der Waals surface area contributed by atoms with Crippen molar-refractivity contribution >= 4 is 23.1 Å². The number of aromatic carboxylic acids is 1. The van der Waals surface area contributed by atoms with Gasteiger partial charge in [-0.05, 0) is 48.9 Å². The minimum absolute atomic E-state index is 0.120. The van der Waals surface area contributed by atoms with Crippen LogP contribution in [0.4, 0.5) is 24.7 Å². The smallest absolute Gasteiger partial charge is 0.412 e. The third-order valence-corrected chi connectivity index (χ3v) is 6.45. The molecular formula is C25H27F3N4O3. The van der Waals surface area contributed by atoms with Gasteiger partial charge in [0.05, 0.1) is 5.56 Å². The Morgan fingerprint density at radius 1 is 1.17 bits per heavy atom. The maximum Gasteiger partial charge on any atom is 0.412 e. The summed E-state index contributed by atoms with van der Waals surface area (Å²) >= 11 is 0.